The number of hydrogen-bond donors (Lipinski definition) is 1. The summed E-state index contributed by atoms with van der Waals surface area (Å²) in [6.45, 7) is 17.4. The Balaban J connectivity index is 2.84. The van der Waals surface area contributed by atoms with Crippen LogP contribution < -0.4 is 10.6 Å². The van der Waals surface area contributed by atoms with Gasteiger partial charge in [-0.1, -0.05) is 85.7 Å². The third kappa shape index (κ3) is 4.40. The molecule has 152 valence electrons. The van der Waals surface area contributed by atoms with E-state index in [9.17, 15) is 4.79 Å². The molecule has 0 aromatic heterocycles. The SMILES string of the molecule is CC(C)c1ccc(N(C(N)=O)c2c(C(C)C)cccc2C(C)C)c(C(C)C)c1. The second kappa shape index (κ2) is 8.81. The molecule has 0 atom stereocenters. The molecule has 2 rings (SSSR count). The maximum Gasteiger partial charge on any atom is 0.323 e. The number of carbonyl (C=O) groups is 1. The lowest BCUT2D eigenvalue weighted by Crippen LogP contribution is -2.34. The van der Waals surface area contributed by atoms with E-state index in [1.54, 1.807) is 4.90 Å². The monoisotopic (exact) mass is 380 g/mol. The summed E-state index contributed by atoms with van der Waals surface area (Å²) in [6, 6.07) is 12.3. The average Bonchev–Trinajstić information content (AvgIpc) is 2.61. The van der Waals surface area contributed by atoms with E-state index in [2.05, 4.69) is 91.8 Å². The number of amides is 2. The van der Waals surface area contributed by atoms with Crippen LogP contribution in [0.3, 0.4) is 0 Å². The maximum absolute atomic E-state index is 12.8. The van der Waals surface area contributed by atoms with E-state index in [-0.39, 0.29) is 17.8 Å². The summed E-state index contributed by atoms with van der Waals surface area (Å²) < 4.78 is 0. The molecule has 0 fully saturated rings. The smallest absolute Gasteiger partial charge is 0.323 e. The molecule has 2 aromatic rings. The van der Waals surface area contributed by atoms with Crippen LogP contribution in [-0.2, 0) is 0 Å². The van der Waals surface area contributed by atoms with Crippen LogP contribution in [0.1, 0.15) is 101 Å². The number of rotatable bonds is 6. The van der Waals surface area contributed by atoms with Gasteiger partial charge in [0.15, 0.2) is 0 Å². The van der Waals surface area contributed by atoms with E-state index < -0.39 is 6.03 Å². The molecule has 0 spiro atoms. The lowest BCUT2D eigenvalue weighted by atomic mass is 9.90. The van der Waals surface area contributed by atoms with E-state index in [0.717, 1.165) is 28.1 Å². The molecule has 28 heavy (non-hydrogen) atoms. The molecular weight excluding hydrogens is 344 g/mol. The minimum absolute atomic E-state index is 0.282. The topological polar surface area (TPSA) is 46.3 Å². The summed E-state index contributed by atoms with van der Waals surface area (Å²) in [5.41, 5.74) is 12.5. The quantitative estimate of drug-likeness (QED) is 0.557. The van der Waals surface area contributed by atoms with Gasteiger partial charge in [-0.15, -0.1) is 0 Å². The Hall–Kier alpha value is -2.29. The van der Waals surface area contributed by atoms with Gasteiger partial charge in [0.25, 0.3) is 0 Å². The molecule has 0 aliphatic carbocycles. The van der Waals surface area contributed by atoms with Crippen molar-refractivity contribution in [1.82, 2.24) is 0 Å². The van der Waals surface area contributed by atoms with Crippen LogP contribution in [0.15, 0.2) is 36.4 Å². The number of nitrogens with zero attached hydrogens (tertiary/aromatic N) is 1. The predicted molar refractivity (Wildman–Crippen MR) is 121 cm³/mol. The Bertz CT molecular complexity index is 808. The molecule has 0 bridgehead atoms. The van der Waals surface area contributed by atoms with Gasteiger partial charge >= 0.3 is 6.03 Å². The Labute approximate surface area is 170 Å². The Morgan fingerprint density at radius 2 is 1.25 bits per heavy atom. The third-order valence-electron chi connectivity index (χ3n) is 5.37. The van der Waals surface area contributed by atoms with Gasteiger partial charge in [0.2, 0.25) is 0 Å². The van der Waals surface area contributed by atoms with Crippen LogP contribution in [-0.4, -0.2) is 6.03 Å². The lowest BCUT2D eigenvalue weighted by molar-refractivity contribution is 0.256. The Morgan fingerprint density at radius 3 is 1.64 bits per heavy atom. The molecule has 3 nitrogen and oxygen atoms in total. The largest absolute Gasteiger partial charge is 0.351 e. The second-order valence-corrected chi connectivity index (χ2v) is 8.90. The van der Waals surface area contributed by atoms with Gasteiger partial charge in [0.1, 0.15) is 0 Å². The van der Waals surface area contributed by atoms with E-state index in [1.807, 2.05) is 0 Å². The minimum atomic E-state index is -0.436. The molecule has 0 heterocycles. The fourth-order valence-electron chi connectivity index (χ4n) is 3.72. The van der Waals surface area contributed by atoms with Crippen LogP contribution in [0, 0.1) is 0 Å². The van der Waals surface area contributed by atoms with E-state index in [0.29, 0.717) is 5.92 Å². The molecule has 0 unspecified atom stereocenters. The number of benzene rings is 2. The van der Waals surface area contributed by atoms with Crippen molar-refractivity contribution in [2.45, 2.75) is 79.1 Å². The number of carbonyl (C=O) groups excluding carboxylic acids is 1. The second-order valence-electron chi connectivity index (χ2n) is 8.90. The fraction of sp³-hybridized carbons (Fsp3) is 0.480. The zero-order valence-electron chi connectivity index (χ0n) is 18.7. The number of anilines is 2. The van der Waals surface area contributed by atoms with Crippen LogP contribution in [0.5, 0.6) is 0 Å². The van der Waals surface area contributed by atoms with Crippen molar-refractivity contribution in [3.05, 3.63) is 58.7 Å². The van der Waals surface area contributed by atoms with E-state index in [1.165, 1.54) is 5.56 Å². The minimum Gasteiger partial charge on any atom is -0.351 e. The summed E-state index contributed by atoms with van der Waals surface area (Å²) in [6.07, 6.45) is 0. The van der Waals surface area contributed by atoms with Crippen LogP contribution >= 0.6 is 0 Å². The first-order valence-corrected chi connectivity index (χ1v) is 10.4. The zero-order valence-corrected chi connectivity index (χ0v) is 18.7. The van der Waals surface area contributed by atoms with Gasteiger partial charge in [-0.25, -0.2) is 4.79 Å². The van der Waals surface area contributed by atoms with Crippen molar-refractivity contribution in [1.29, 1.82) is 0 Å². The van der Waals surface area contributed by atoms with Crippen molar-refractivity contribution >= 4 is 17.4 Å². The summed E-state index contributed by atoms with van der Waals surface area (Å²) in [7, 11) is 0. The van der Waals surface area contributed by atoms with Crippen LogP contribution in [0.2, 0.25) is 0 Å². The highest BCUT2D eigenvalue weighted by Crippen LogP contribution is 2.42. The summed E-state index contributed by atoms with van der Waals surface area (Å²) in [5, 5.41) is 0. The van der Waals surface area contributed by atoms with Crippen LogP contribution in [0.4, 0.5) is 16.2 Å². The summed E-state index contributed by atoms with van der Waals surface area (Å²) in [4.78, 5) is 14.5. The maximum atomic E-state index is 12.8. The normalized spacial score (nSPS) is 11.7. The summed E-state index contributed by atoms with van der Waals surface area (Å²) >= 11 is 0. The van der Waals surface area contributed by atoms with Crippen molar-refractivity contribution < 1.29 is 4.79 Å². The van der Waals surface area contributed by atoms with Gasteiger partial charge in [0.05, 0.1) is 11.4 Å². The first kappa shape index (κ1) is 22.0. The molecular formula is C25H36N2O. The van der Waals surface area contributed by atoms with Crippen molar-refractivity contribution in [2.75, 3.05) is 4.90 Å². The molecule has 3 heteroatoms. The highest BCUT2D eigenvalue weighted by atomic mass is 16.2. The Kier molecular flexibility index (Phi) is 6.92. The highest BCUT2D eigenvalue weighted by molar-refractivity contribution is 6.01. The highest BCUT2D eigenvalue weighted by Gasteiger charge is 2.26. The van der Waals surface area contributed by atoms with Crippen molar-refractivity contribution in [3.63, 3.8) is 0 Å². The lowest BCUT2D eigenvalue weighted by Gasteiger charge is -2.31. The number of primary amides is 1. The fourth-order valence-corrected chi connectivity index (χ4v) is 3.72. The standard InChI is InChI=1S/C25H36N2O/c1-15(2)19-12-13-23(22(14-19)18(7)8)27(25(26)28)24-20(16(3)4)10-9-11-21(24)17(5)6/h9-18H,1-8H3,(H2,26,28). The first-order valence-electron chi connectivity index (χ1n) is 10.4. The predicted octanol–water partition coefficient (Wildman–Crippen LogP) is 7.40. The molecule has 2 amide bonds. The van der Waals surface area contributed by atoms with E-state index >= 15 is 0 Å². The molecule has 0 aliphatic heterocycles. The molecule has 2 N–H and O–H groups in total. The van der Waals surface area contributed by atoms with Gasteiger partial charge in [-0.2, -0.15) is 0 Å². The van der Waals surface area contributed by atoms with Crippen molar-refractivity contribution in [3.8, 4) is 0 Å². The average molecular weight is 381 g/mol. The molecule has 0 saturated carbocycles. The third-order valence-corrected chi connectivity index (χ3v) is 5.37. The number of para-hydroxylation sites is 1. The van der Waals surface area contributed by atoms with Gasteiger partial charge in [-0.05, 0) is 52.0 Å². The van der Waals surface area contributed by atoms with Gasteiger partial charge < -0.3 is 5.73 Å². The molecule has 2 aromatic carbocycles. The number of hydrogen-bond acceptors (Lipinski definition) is 1. The Morgan fingerprint density at radius 1 is 0.750 bits per heavy atom. The van der Waals surface area contributed by atoms with Gasteiger partial charge in [0, 0.05) is 0 Å². The van der Waals surface area contributed by atoms with E-state index in [4.69, 9.17) is 5.73 Å². The first-order chi connectivity index (χ1) is 13.1. The number of urea groups is 1. The van der Waals surface area contributed by atoms with Crippen LogP contribution in [0.25, 0.3) is 0 Å². The zero-order chi connectivity index (χ0) is 21.2. The summed E-state index contributed by atoms with van der Waals surface area (Å²) in [5.74, 6) is 1.29. The molecule has 0 radical (unpaired) electrons. The molecule has 0 aliphatic rings. The molecule has 0 saturated heterocycles. The van der Waals surface area contributed by atoms with Crippen molar-refractivity contribution in [2.24, 2.45) is 5.73 Å². The number of nitrogens with two attached hydrogens (primary N) is 1. The van der Waals surface area contributed by atoms with Gasteiger partial charge in [-0.3, -0.25) is 4.90 Å².